The van der Waals surface area contributed by atoms with Crippen LogP contribution in [0.15, 0.2) is 48.8 Å². The fourth-order valence-corrected chi connectivity index (χ4v) is 4.30. The summed E-state index contributed by atoms with van der Waals surface area (Å²) < 4.78 is 47.2. The van der Waals surface area contributed by atoms with Gasteiger partial charge < -0.3 is 18.9 Å². The van der Waals surface area contributed by atoms with Crippen LogP contribution in [0.5, 0.6) is 17.2 Å². The van der Waals surface area contributed by atoms with Crippen LogP contribution in [0, 0.1) is 16.0 Å². The molecule has 39 heavy (non-hydrogen) atoms. The Balaban J connectivity index is 1.70. The Kier molecular flexibility index (Phi) is 9.03. The van der Waals surface area contributed by atoms with Crippen LogP contribution in [0.3, 0.4) is 0 Å². The number of methoxy groups -OCH3 is 1. The number of hydrogen-bond acceptors (Lipinski definition) is 7. The Morgan fingerprint density at radius 1 is 1.10 bits per heavy atom. The van der Waals surface area contributed by atoms with Crippen LogP contribution in [-0.2, 0) is 11.2 Å². The van der Waals surface area contributed by atoms with Gasteiger partial charge in [-0.25, -0.2) is 9.78 Å². The highest BCUT2D eigenvalue weighted by Gasteiger charge is 2.27. The third-order valence-electron chi connectivity index (χ3n) is 5.97. The summed E-state index contributed by atoms with van der Waals surface area (Å²) in [6, 6.07) is 7.85. The lowest BCUT2D eigenvalue weighted by Gasteiger charge is -2.21. The number of ether oxygens (including phenoxy) is 4. The highest BCUT2D eigenvalue weighted by molar-refractivity contribution is 6.35. The van der Waals surface area contributed by atoms with Crippen LogP contribution in [0.1, 0.15) is 40.4 Å². The minimum Gasteiger partial charge on any atom is -0.490 e. The highest BCUT2D eigenvalue weighted by atomic mass is 35.5. The molecule has 1 saturated carbocycles. The molecule has 1 fully saturated rings. The number of nitro groups is 1. The minimum atomic E-state index is -3.07. The lowest BCUT2D eigenvalue weighted by molar-refractivity contribution is -0.385. The number of aromatic amines is 1. The van der Waals surface area contributed by atoms with Crippen molar-refractivity contribution in [1.82, 2.24) is 0 Å². The van der Waals surface area contributed by atoms with E-state index in [1.165, 1.54) is 49.8 Å². The van der Waals surface area contributed by atoms with Gasteiger partial charge in [0.2, 0.25) is 0 Å². The number of aromatic nitrogens is 1. The number of nitrogens with one attached hydrogen (secondary N) is 1. The molecule has 206 valence electrons. The maximum atomic E-state index is 13.2. The summed E-state index contributed by atoms with van der Waals surface area (Å²) in [5.41, 5.74) is 0.300. The van der Waals surface area contributed by atoms with Crippen LogP contribution in [0.25, 0.3) is 0 Å². The largest absolute Gasteiger partial charge is 0.490 e. The molecule has 0 amide bonds. The second kappa shape index (κ2) is 12.4. The van der Waals surface area contributed by atoms with E-state index in [9.17, 15) is 23.7 Å². The van der Waals surface area contributed by atoms with E-state index in [4.69, 9.17) is 37.4 Å². The standard InChI is InChI=1S/C26H22Cl2F2N2O7/c1-36-21-6-5-16(8-20(21)32(34)35)25(33)38-23(10-17-18(27)11-31-12-19(17)28)15-4-7-22(39-26(29)30)24(9-15)37-13-14-2-3-14/h4-9,11-12,14,23,26H,2-3,10,13H2,1H3/p+1/t23-/m0/s1. The molecule has 0 saturated heterocycles. The minimum absolute atomic E-state index is 0.00650. The van der Waals surface area contributed by atoms with E-state index < -0.39 is 29.3 Å². The van der Waals surface area contributed by atoms with Crippen molar-refractivity contribution in [2.24, 2.45) is 5.92 Å². The van der Waals surface area contributed by atoms with Crippen molar-refractivity contribution in [3.63, 3.8) is 0 Å². The van der Waals surface area contributed by atoms with Gasteiger partial charge in [0, 0.05) is 18.1 Å². The van der Waals surface area contributed by atoms with E-state index in [1.807, 2.05) is 0 Å². The maximum absolute atomic E-state index is 13.2. The first-order chi connectivity index (χ1) is 18.7. The van der Waals surface area contributed by atoms with E-state index >= 15 is 0 Å². The van der Waals surface area contributed by atoms with Crippen LogP contribution in [-0.4, -0.2) is 31.2 Å². The molecule has 9 nitrogen and oxygen atoms in total. The zero-order valence-electron chi connectivity index (χ0n) is 20.5. The van der Waals surface area contributed by atoms with Crippen molar-refractivity contribution in [3.8, 4) is 17.2 Å². The smallest absolute Gasteiger partial charge is 0.387 e. The number of hydrogen-bond donors (Lipinski definition) is 0. The Morgan fingerprint density at radius 3 is 2.41 bits per heavy atom. The lowest BCUT2D eigenvalue weighted by atomic mass is 10.0. The zero-order chi connectivity index (χ0) is 28.1. The van der Waals surface area contributed by atoms with Crippen molar-refractivity contribution in [2.45, 2.75) is 32.0 Å². The van der Waals surface area contributed by atoms with Gasteiger partial charge in [-0.3, -0.25) is 10.1 Å². The molecule has 2 aromatic carbocycles. The lowest BCUT2D eigenvalue weighted by Crippen LogP contribution is -2.16. The summed E-state index contributed by atoms with van der Waals surface area (Å²) in [7, 11) is 1.27. The van der Waals surface area contributed by atoms with Crippen LogP contribution in [0.2, 0.25) is 10.0 Å². The number of carbonyl (C=O) groups is 1. The average Bonchev–Trinajstić information content (AvgIpc) is 3.73. The molecular weight excluding hydrogens is 561 g/mol. The van der Waals surface area contributed by atoms with Gasteiger partial charge in [0.1, 0.15) is 16.1 Å². The van der Waals surface area contributed by atoms with Crippen LogP contribution < -0.4 is 19.2 Å². The van der Waals surface area contributed by atoms with Crippen molar-refractivity contribution >= 4 is 34.9 Å². The number of nitrogens with zero attached hydrogens (tertiary/aromatic N) is 1. The van der Waals surface area contributed by atoms with Gasteiger partial charge >= 0.3 is 18.3 Å². The number of esters is 1. The Morgan fingerprint density at radius 2 is 1.79 bits per heavy atom. The summed E-state index contributed by atoms with van der Waals surface area (Å²) >= 11 is 12.7. The molecular formula is C26H23Cl2F2N2O7+. The van der Waals surface area contributed by atoms with Gasteiger partial charge in [0.25, 0.3) is 0 Å². The number of benzene rings is 2. The van der Waals surface area contributed by atoms with Gasteiger partial charge in [0.15, 0.2) is 29.6 Å². The monoisotopic (exact) mass is 583 g/mol. The first kappa shape index (κ1) is 28.3. The molecule has 0 bridgehead atoms. The number of rotatable bonds is 12. The summed E-state index contributed by atoms with van der Waals surface area (Å²) in [5.74, 6) is -0.700. The Labute approximate surface area is 231 Å². The number of alkyl halides is 2. The number of nitro benzene ring substituents is 1. The van der Waals surface area contributed by atoms with Gasteiger partial charge in [-0.2, -0.15) is 8.78 Å². The van der Waals surface area contributed by atoms with Gasteiger partial charge in [-0.1, -0.05) is 29.3 Å². The van der Waals surface area contributed by atoms with E-state index in [1.54, 1.807) is 0 Å². The second-order valence-corrected chi connectivity index (χ2v) is 9.53. The second-order valence-electron chi connectivity index (χ2n) is 8.71. The number of H-pyrrole nitrogens is 1. The van der Waals surface area contributed by atoms with Crippen molar-refractivity contribution in [3.05, 3.63) is 85.6 Å². The van der Waals surface area contributed by atoms with E-state index in [-0.39, 0.29) is 39.3 Å². The highest BCUT2D eigenvalue weighted by Crippen LogP contribution is 2.38. The number of halogens is 4. The zero-order valence-corrected chi connectivity index (χ0v) is 22.0. The maximum Gasteiger partial charge on any atom is 0.387 e. The topological polar surface area (TPSA) is 111 Å². The van der Waals surface area contributed by atoms with E-state index in [0.29, 0.717) is 23.7 Å². The molecule has 1 N–H and O–H groups in total. The Hall–Kier alpha value is -3.70. The van der Waals surface area contributed by atoms with Crippen molar-refractivity contribution < 1.29 is 42.4 Å². The predicted octanol–water partition coefficient (Wildman–Crippen LogP) is 6.26. The SMILES string of the molecule is COc1ccc(C(=O)O[C@@H](Cc2c(Cl)c[nH+]cc2Cl)c2ccc(OC(F)F)c(OCC3CC3)c2)cc1[N+](=O)[O-]. The van der Waals surface area contributed by atoms with E-state index in [0.717, 1.165) is 18.9 Å². The summed E-state index contributed by atoms with van der Waals surface area (Å²) in [5, 5.41) is 12.0. The predicted molar refractivity (Wildman–Crippen MR) is 136 cm³/mol. The van der Waals surface area contributed by atoms with Crippen molar-refractivity contribution in [1.29, 1.82) is 0 Å². The summed E-state index contributed by atoms with van der Waals surface area (Å²) in [4.78, 5) is 26.7. The molecule has 1 atom stereocenters. The first-order valence-corrected chi connectivity index (χ1v) is 12.5. The molecule has 0 aliphatic heterocycles. The molecule has 4 rings (SSSR count). The molecule has 0 spiro atoms. The molecule has 1 aromatic heterocycles. The molecule has 1 aliphatic rings. The third kappa shape index (κ3) is 7.24. The van der Waals surface area contributed by atoms with E-state index in [2.05, 4.69) is 9.72 Å². The summed E-state index contributed by atoms with van der Waals surface area (Å²) in [6.07, 6.45) is 3.89. The third-order valence-corrected chi connectivity index (χ3v) is 6.65. The summed E-state index contributed by atoms with van der Waals surface area (Å²) in [6.45, 7) is -2.76. The molecule has 0 unspecified atom stereocenters. The first-order valence-electron chi connectivity index (χ1n) is 11.7. The fourth-order valence-electron chi connectivity index (χ4n) is 3.76. The van der Waals surface area contributed by atoms with Gasteiger partial charge in [0.05, 0.1) is 24.2 Å². The van der Waals surface area contributed by atoms with Crippen LogP contribution in [0.4, 0.5) is 14.5 Å². The normalized spacial score (nSPS) is 13.6. The quantitative estimate of drug-likeness (QED) is 0.140. The molecule has 13 heteroatoms. The van der Waals surface area contributed by atoms with Gasteiger partial charge in [-0.15, -0.1) is 0 Å². The van der Waals surface area contributed by atoms with Crippen molar-refractivity contribution in [2.75, 3.05) is 13.7 Å². The Bertz CT molecular complexity index is 1350. The molecule has 1 heterocycles. The number of carbonyl (C=O) groups excluding carboxylic acids is 1. The fraction of sp³-hybridized carbons (Fsp3) is 0.308. The van der Waals surface area contributed by atoms with Gasteiger partial charge in [-0.05, 0) is 48.6 Å². The number of pyridine rings is 1. The average molecular weight is 584 g/mol. The molecule has 3 aromatic rings. The molecule has 0 radical (unpaired) electrons. The van der Waals surface area contributed by atoms with Crippen LogP contribution >= 0.6 is 23.2 Å². The molecule has 1 aliphatic carbocycles.